The first-order valence-electron chi connectivity index (χ1n) is 7.63. The molecule has 1 N–H and O–H groups in total. The standard InChI is InChI=1S/C16H25FN4S.HI/c1-13(22-3)12-19-16(18-2)21-10-8-20(9-11-21)15-7-5-4-6-14(15)17;/h4-7,13H,8-12H2,1-3H3,(H,18,19);1H. The fraction of sp³-hybridized carbons (Fsp3) is 0.562. The lowest BCUT2D eigenvalue weighted by molar-refractivity contribution is 0.371. The maximum Gasteiger partial charge on any atom is 0.193 e. The Hall–Kier alpha value is -0.700. The van der Waals surface area contributed by atoms with Crippen LogP contribution in [-0.2, 0) is 0 Å². The molecule has 1 atom stereocenters. The maximum absolute atomic E-state index is 13.9. The molecule has 1 aliphatic heterocycles. The Labute approximate surface area is 159 Å². The number of rotatable bonds is 4. The van der Waals surface area contributed by atoms with Crippen molar-refractivity contribution < 1.29 is 4.39 Å². The van der Waals surface area contributed by atoms with Gasteiger partial charge < -0.3 is 15.1 Å². The summed E-state index contributed by atoms with van der Waals surface area (Å²) >= 11 is 1.84. The highest BCUT2D eigenvalue weighted by Gasteiger charge is 2.21. The van der Waals surface area contributed by atoms with E-state index in [1.807, 2.05) is 30.9 Å². The third-order valence-electron chi connectivity index (χ3n) is 3.93. The van der Waals surface area contributed by atoms with Crippen molar-refractivity contribution in [3.63, 3.8) is 0 Å². The molecule has 1 unspecified atom stereocenters. The minimum absolute atomic E-state index is 0. The van der Waals surface area contributed by atoms with Gasteiger partial charge in [0.05, 0.1) is 5.69 Å². The van der Waals surface area contributed by atoms with Crippen LogP contribution in [0.5, 0.6) is 0 Å². The Morgan fingerprint density at radius 2 is 1.96 bits per heavy atom. The molecule has 0 aromatic heterocycles. The summed E-state index contributed by atoms with van der Waals surface area (Å²) in [5.41, 5.74) is 0.695. The van der Waals surface area contributed by atoms with E-state index in [9.17, 15) is 4.39 Å². The summed E-state index contributed by atoms with van der Waals surface area (Å²) in [5, 5.41) is 3.97. The van der Waals surface area contributed by atoms with E-state index in [1.54, 1.807) is 6.07 Å². The topological polar surface area (TPSA) is 30.9 Å². The Morgan fingerprint density at radius 3 is 2.52 bits per heavy atom. The number of nitrogens with zero attached hydrogens (tertiary/aromatic N) is 3. The predicted molar refractivity (Wildman–Crippen MR) is 110 cm³/mol. The number of aliphatic imine (C=N–C) groups is 1. The van der Waals surface area contributed by atoms with Crippen LogP contribution in [0, 0.1) is 5.82 Å². The van der Waals surface area contributed by atoms with Gasteiger partial charge in [-0.2, -0.15) is 11.8 Å². The third-order valence-corrected chi connectivity index (χ3v) is 4.91. The highest BCUT2D eigenvalue weighted by molar-refractivity contribution is 14.0. The van der Waals surface area contributed by atoms with Crippen molar-refractivity contribution in [1.29, 1.82) is 0 Å². The highest BCUT2D eigenvalue weighted by atomic mass is 127. The number of hydrogen-bond acceptors (Lipinski definition) is 3. The lowest BCUT2D eigenvalue weighted by Gasteiger charge is -2.38. The Kier molecular flexibility index (Phi) is 9.04. The summed E-state index contributed by atoms with van der Waals surface area (Å²) in [4.78, 5) is 8.70. The fourth-order valence-corrected chi connectivity index (χ4v) is 2.77. The van der Waals surface area contributed by atoms with Gasteiger partial charge in [0, 0.05) is 45.0 Å². The lowest BCUT2D eigenvalue weighted by atomic mass is 10.2. The molecule has 1 saturated heterocycles. The van der Waals surface area contributed by atoms with Crippen LogP contribution in [0.1, 0.15) is 6.92 Å². The molecule has 1 aromatic rings. The van der Waals surface area contributed by atoms with Crippen molar-refractivity contribution >= 4 is 47.4 Å². The zero-order chi connectivity index (χ0) is 15.9. The van der Waals surface area contributed by atoms with Crippen LogP contribution in [0.2, 0.25) is 0 Å². The minimum atomic E-state index is -0.146. The summed E-state index contributed by atoms with van der Waals surface area (Å²) in [7, 11) is 1.81. The monoisotopic (exact) mass is 452 g/mol. The zero-order valence-corrected chi connectivity index (χ0v) is 17.1. The first-order chi connectivity index (χ1) is 10.7. The maximum atomic E-state index is 13.9. The van der Waals surface area contributed by atoms with Gasteiger partial charge in [-0.3, -0.25) is 4.99 Å². The van der Waals surface area contributed by atoms with E-state index in [1.165, 1.54) is 6.07 Å². The van der Waals surface area contributed by atoms with Gasteiger partial charge >= 0.3 is 0 Å². The predicted octanol–water partition coefficient (Wildman–Crippen LogP) is 2.89. The Morgan fingerprint density at radius 1 is 1.30 bits per heavy atom. The van der Waals surface area contributed by atoms with Crippen molar-refractivity contribution in [2.45, 2.75) is 12.2 Å². The van der Waals surface area contributed by atoms with Gasteiger partial charge in [-0.15, -0.1) is 24.0 Å². The van der Waals surface area contributed by atoms with Crippen molar-refractivity contribution in [2.24, 2.45) is 4.99 Å². The van der Waals surface area contributed by atoms with Crippen molar-refractivity contribution in [1.82, 2.24) is 10.2 Å². The van der Waals surface area contributed by atoms with Gasteiger partial charge in [0.1, 0.15) is 5.82 Å². The second-order valence-corrected chi connectivity index (χ2v) is 6.68. The second-order valence-electron chi connectivity index (χ2n) is 5.40. The van der Waals surface area contributed by atoms with E-state index >= 15 is 0 Å². The number of para-hydroxylation sites is 1. The summed E-state index contributed by atoms with van der Waals surface area (Å²) < 4.78 is 13.9. The number of thioether (sulfide) groups is 1. The second kappa shape index (κ2) is 10.2. The quantitative estimate of drug-likeness (QED) is 0.433. The van der Waals surface area contributed by atoms with Crippen LogP contribution in [-0.4, -0.2) is 62.1 Å². The van der Waals surface area contributed by atoms with E-state index in [0.717, 1.165) is 38.7 Å². The van der Waals surface area contributed by atoms with Crippen LogP contribution < -0.4 is 10.2 Å². The van der Waals surface area contributed by atoms with Gasteiger partial charge in [0.15, 0.2) is 5.96 Å². The fourth-order valence-electron chi connectivity index (χ4n) is 2.52. The largest absolute Gasteiger partial charge is 0.366 e. The summed E-state index contributed by atoms with van der Waals surface area (Å²) in [6.07, 6.45) is 2.11. The number of halogens is 2. The average Bonchev–Trinajstić information content (AvgIpc) is 2.56. The van der Waals surface area contributed by atoms with Crippen molar-refractivity contribution in [3.05, 3.63) is 30.1 Å². The number of hydrogen-bond donors (Lipinski definition) is 1. The molecule has 130 valence electrons. The Bertz CT molecular complexity index is 507. The van der Waals surface area contributed by atoms with Gasteiger partial charge in [-0.1, -0.05) is 19.1 Å². The number of anilines is 1. The normalized spacial score (nSPS) is 16.8. The van der Waals surface area contributed by atoms with E-state index in [0.29, 0.717) is 10.9 Å². The smallest absolute Gasteiger partial charge is 0.193 e. The molecule has 1 aliphatic rings. The van der Waals surface area contributed by atoms with E-state index in [2.05, 4.69) is 33.3 Å². The molecule has 2 rings (SSSR count). The molecule has 7 heteroatoms. The molecule has 0 aliphatic carbocycles. The number of piperazine rings is 1. The molecule has 0 amide bonds. The zero-order valence-electron chi connectivity index (χ0n) is 14.0. The van der Waals surface area contributed by atoms with E-state index in [4.69, 9.17) is 0 Å². The molecule has 1 heterocycles. The van der Waals surface area contributed by atoms with Gasteiger partial charge in [-0.05, 0) is 18.4 Å². The van der Waals surface area contributed by atoms with Crippen molar-refractivity contribution in [2.75, 3.05) is 50.9 Å². The summed E-state index contributed by atoms with van der Waals surface area (Å²) in [6, 6.07) is 6.98. The van der Waals surface area contributed by atoms with Crippen LogP contribution in [0.25, 0.3) is 0 Å². The molecule has 4 nitrogen and oxygen atoms in total. The molecule has 0 spiro atoms. The molecule has 0 bridgehead atoms. The van der Waals surface area contributed by atoms with Crippen LogP contribution in [0.4, 0.5) is 10.1 Å². The molecule has 1 fully saturated rings. The SMILES string of the molecule is CN=C(NCC(C)SC)N1CCN(c2ccccc2F)CC1.I. The number of nitrogens with one attached hydrogen (secondary N) is 1. The number of benzene rings is 1. The van der Waals surface area contributed by atoms with Crippen LogP contribution in [0.3, 0.4) is 0 Å². The number of guanidine groups is 1. The molecule has 1 aromatic carbocycles. The first-order valence-corrected chi connectivity index (χ1v) is 8.92. The van der Waals surface area contributed by atoms with E-state index in [-0.39, 0.29) is 29.8 Å². The Balaban J connectivity index is 0.00000264. The third kappa shape index (κ3) is 5.70. The van der Waals surface area contributed by atoms with E-state index < -0.39 is 0 Å². The minimum Gasteiger partial charge on any atom is -0.366 e. The molecule has 23 heavy (non-hydrogen) atoms. The highest BCUT2D eigenvalue weighted by Crippen LogP contribution is 2.20. The van der Waals surface area contributed by atoms with Crippen LogP contribution >= 0.6 is 35.7 Å². The van der Waals surface area contributed by atoms with Gasteiger partial charge in [-0.25, -0.2) is 4.39 Å². The van der Waals surface area contributed by atoms with Gasteiger partial charge in [0.25, 0.3) is 0 Å². The van der Waals surface area contributed by atoms with Crippen molar-refractivity contribution in [3.8, 4) is 0 Å². The molecular formula is C16H26FIN4S. The lowest BCUT2D eigenvalue weighted by Crippen LogP contribution is -2.53. The van der Waals surface area contributed by atoms with Gasteiger partial charge in [0.2, 0.25) is 0 Å². The first kappa shape index (κ1) is 20.3. The summed E-state index contributed by atoms with van der Waals surface area (Å²) in [6.45, 7) is 6.41. The molecule has 0 saturated carbocycles. The van der Waals surface area contributed by atoms with Crippen LogP contribution in [0.15, 0.2) is 29.3 Å². The summed E-state index contributed by atoms with van der Waals surface area (Å²) in [5.74, 6) is 0.793. The molecule has 0 radical (unpaired) electrons. The molecular weight excluding hydrogens is 426 g/mol. The average molecular weight is 452 g/mol.